The SMILES string of the molecule is COCC(C)N1Cc2c(NC(C)(C)Cc3ccc(F)cc3)nc(Cl)nc2C1=O. The summed E-state index contributed by atoms with van der Waals surface area (Å²) in [4.78, 5) is 23.0. The van der Waals surface area contributed by atoms with Gasteiger partial charge in [0.15, 0.2) is 0 Å². The fourth-order valence-electron chi connectivity index (χ4n) is 3.43. The Morgan fingerprint density at radius 2 is 2.00 bits per heavy atom. The molecule has 0 fully saturated rings. The van der Waals surface area contributed by atoms with Crippen LogP contribution in [0.5, 0.6) is 0 Å². The number of carbonyl (C=O) groups excluding carboxylic acids is 1. The predicted molar refractivity (Wildman–Crippen MR) is 106 cm³/mol. The number of hydrogen-bond donors (Lipinski definition) is 1. The lowest BCUT2D eigenvalue weighted by Gasteiger charge is -2.28. The Hall–Kier alpha value is -2.25. The van der Waals surface area contributed by atoms with Crippen LogP contribution in [0, 0.1) is 5.82 Å². The van der Waals surface area contributed by atoms with Gasteiger partial charge in [0.1, 0.15) is 17.3 Å². The monoisotopic (exact) mass is 406 g/mol. The molecule has 1 N–H and O–H groups in total. The highest BCUT2D eigenvalue weighted by atomic mass is 35.5. The van der Waals surface area contributed by atoms with E-state index in [2.05, 4.69) is 15.3 Å². The van der Waals surface area contributed by atoms with E-state index in [4.69, 9.17) is 16.3 Å². The van der Waals surface area contributed by atoms with E-state index < -0.39 is 5.54 Å². The molecule has 0 saturated carbocycles. The Morgan fingerprint density at radius 3 is 2.64 bits per heavy atom. The second-order valence-electron chi connectivity index (χ2n) is 7.72. The summed E-state index contributed by atoms with van der Waals surface area (Å²) in [5.74, 6) is 0.101. The smallest absolute Gasteiger partial charge is 0.273 e. The molecular weight excluding hydrogens is 383 g/mol. The summed E-state index contributed by atoms with van der Waals surface area (Å²) in [6.07, 6.45) is 0.640. The standard InChI is InChI=1S/C20H24ClFN4O2/c1-12(11-28-4)26-10-15-16(18(26)27)23-19(21)24-17(15)25-20(2,3)9-13-5-7-14(22)8-6-13/h5-8,12H,9-11H2,1-4H3,(H,23,24,25). The molecule has 1 amide bonds. The molecule has 1 atom stereocenters. The molecule has 8 heteroatoms. The van der Waals surface area contributed by atoms with Gasteiger partial charge in [-0.3, -0.25) is 4.79 Å². The molecule has 0 aliphatic carbocycles. The van der Waals surface area contributed by atoms with Gasteiger partial charge in [0.25, 0.3) is 5.91 Å². The number of rotatable bonds is 7. The fraction of sp³-hybridized carbons (Fsp3) is 0.450. The average molecular weight is 407 g/mol. The fourth-order valence-corrected chi connectivity index (χ4v) is 3.60. The lowest BCUT2D eigenvalue weighted by atomic mass is 9.94. The summed E-state index contributed by atoms with van der Waals surface area (Å²) in [6.45, 7) is 6.78. The van der Waals surface area contributed by atoms with Crippen LogP contribution in [0.1, 0.15) is 42.4 Å². The third-order valence-corrected chi connectivity index (χ3v) is 4.90. The van der Waals surface area contributed by atoms with Crippen molar-refractivity contribution in [1.82, 2.24) is 14.9 Å². The average Bonchev–Trinajstić information content (AvgIpc) is 2.94. The van der Waals surface area contributed by atoms with Crippen molar-refractivity contribution in [2.24, 2.45) is 0 Å². The molecular formula is C20H24ClFN4O2. The van der Waals surface area contributed by atoms with Crippen molar-refractivity contribution in [2.45, 2.75) is 45.3 Å². The van der Waals surface area contributed by atoms with E-state index in [0.29, 0.717) is 31.1 Å². The van der Waals surface area contributed by atoms with E-state index in [1.54, 1.807) is 24.1 Å². The number of aromatic nitrogens is 2. The number of amides is 1. The van der Waals surface area contributed by atoms with E-state index in [9.17, 15) is 9.18 Å². The van der Waals surface area contributed by atoms with Crippen LogP contribution in [0.3, 0.4) is 0 Å². The number of ether oxygens (including phenoxy) is 1. The molecule has 0 radical (unpaired) electrons. The van der Waals surface area contributed by atoms with Crippen LogP contribution in [0.25, 0.3) is 0 Å². The van der Waals surface area contributed by atoms with E-state index in [0.717, 1.165) is 11.1 Å². The zero-order chi connectivity index (χ0) is 20.5. The maximum atomic E-state index is 13.2. The Labute approximate surface area is 169 Å². The molecule has 0 saturated heterocycles. The quantitative estimate of drug-likeness (QED) is 0.710. The third-order valence-electron chi connectivity index (χ3n) is 4.73. The van der Waals surface area contributed by atoms with Crippen molar-refractivity contribution in [3.05, 3.63) is 52.2 Å². The molecule has 28 heavy (non-hydrogen) atoms. The number of carbonyl (C=O) groups is 1. The van der Waals surface area contributed by atoms with Crippen LogP contribution in [0.4, 0.5) is 10.2 Å². The number of nitrogens with zero attached hydrogens (tertiary/aromatic N) is 3. The number of fused-ring (bicyclic) bond motifs is 1. The number of halogens is 2. The number of benzene rings is 1. The first-order chi connectivity index (χ1) is 13.2. The van der Waals surface area contributed by atoms with E-state index >= 15 is 0 Å². The Balaban J connectivity index is 1.85. The summed E-state index contributed by atoms with van der Waals surface area (Å²) in [7, 11) is 1.60. The molecule has 0 bridgehead atoms. The normalized spacial score (nSPS) is 14.9. The number of nitrogens with one attached hydrogen (secondary N) is 1. The molecule has 2 aromatic rings. The van der Waals surface area contributed by atoms with Crippen LogP contribution < -0.4 is 5.32 Å². The first kappa shape index (κ1) is 20.5. The van der Waals surface area contributed by atoms with Gasteiger partial charge in [0.05, 0.1) is 19.2 Å². The predicted octanol–water partition coefficient (Wildman–Crippen LogP) is 3.69. The maximum absolute atomic E-state index is 13.2. The van der Waals surface area contributed by atoms with Crippen LogP contribution in [0.15, 0.2) is 24.3 Å². The summed E-state index contributed by atoms with van der Waals surface area (Å²) in [6, 6.07) is 6.31. The molecule has 1 aromatic heterocycles. The molecule has 1 aliphatic heterocycles. The Kier molecular flexibility index (Phi) is 5.86. The minimum absolute atomic E-state index is 0.0217. The number of anilines is 1. The van der Waals surface area contributed by atoms with Crippen molar-refractivity contribution in [1.29, 1.82) is 0 Å². The van der Waals surface area contributed by atoms with Gasteiger partial charge in [-0.2, -0.15) is 0 Å². The van der Waals surface area contributed by atoms with Gasteiger partial charge in [-0.05, 0) is 56.5 Å². The van der Waals surface area contributed by atoms with Crippen molar-refractivity contribution in [2.75, 3.05) is 19.0 Å². The summed E-state index contributed by atoms with van der Waals surface area (Å²) >= 11 is 6.09. The van der Waals surface area contributed by atoms with Gasteiger partial charge >= 0.3 is 0 Å². The second-order valence-corrected chi connectivity index (χ2v) is 8.06. The van der Waals surface area contributed by atoms with Crippen molar-refractivity contribution in [3.63, 3.8) is 0 Å². The van der Waals surface area contributed by atoms with Crippen LogP contribution >= 0.6 is 11.6 Å². The largest absolute Gasteiger partial charge is 0.383 e. The zero-order valence-corrected chi connectivity index (χ0v) is 17.2. The molecule has 1 aromatic carbocycles. The van der Waals surface area contributed by atoms with E-state index in [-0.39, 0.29) is 23.0 Å². The molecule has 6 nitrogen and oxygen atoms in total. The van der Waals surface area contributed by atoms with Crippen molar-refractivity contribution >= 4 is 23.3 Å². The lowest BCUT2D eigenvalue weighted by molar-refractivity contribution is 0.0585. The number of methoxy groups -OCH3 is 1. The highest BCUT2D eigenvalue weighted by molar-refractivity contribution is 6.28. The molecule has 2 heterocycles. The summed E-state index contributed by atoms with van der Waals surface area (Å²) in [5, 5.41) is 3.42. The number of hydrogen-bond acceptors (Lipinski definition) is 5. The topological polar surface area (TPSA) is 67.3 Å². The molecule has 3 rings (SSSR count). The van der Waals surface area contributed by atoms with Gasteiger partial charge in [0, 0.05) is 18.2 Å². The molecule has 1 aliphatic rings. The minimum atomic E-state index is -0.405. The zero-order valence-electron chi connectivity index (χ0n) is 16.4. The first-order valence-corrected chi connectivity index (χ1v) is 9.47. The van der Waals surface area contributed by atoms with Crippen LogP contribution in [-0.2, 0) is 17.7 Å². The minimum Gasteiger partial charge on any atom is -0.383 e. The van der Waals surface area contributed by atoms with Gasteiger partial charge in [-0.25, -0.2) is 14.4 Å². The lowest BCUT2D eigenvalue weighted by Crippen LogP contribution is -2.36. The molecule has 0 spiro atoms. The van der Waals surface area contributed by atoms with Gasteiger partial charge in [-0.15, -0.1) is 0 Å². The maximum Gasteiger partial charge on any atom is 0.273 e. The summed E-state index contributed by atoms with van der Waals surface area (Å²) < 4.78 is 18.3. The van der Waals surface area contributed by atoms with Crippen LogP contribution in [0.2, 0.25) is 5.28 Å². The first-order valence-electron chi connectivity index (χ1n) is 9.09. The highest BCUT2D eigenvalue weighted by Gasteiger charge is 2.36. The van der Waals surface area contributed by atoms with Crippen molar-refractivity contribution in [3.8, 4) is 0 Å². The van der Waals surface area contributed by atoms with Crippen molar-refractivity contribution < 1.29 is 13.9 Å². The van der Waals surface area contributed by atoms with Gasteiger partial charge < -0.3 is 15.0 Å². The van der Waals surface area contributed by atoms with Gasteiger partial charge in [-0.1, -0.05) is 12.1 Å². The van der Waals surface area contributed by atoms with E-state index in [1.807, 2.05) is 20.8 Å². The van der Waals surface area contributed by atoms with E-state index in [1.165, 1.54) is 12.1 Å². The molecule has 1 unspecified atom stereocenters. The third kappa shape index (κ3) is 4.42. The van der Waals surface area contributed by atoms with Crippen LogP contribution in [-0.4, -0.2) is 46.1 Å². The Bertz CT molecular complexity index is 873. The second kappa shape index (κ2) is 8.01. The highest BCUT2D eigenvalue weighted by Crippen LogP contribution is 2.31. The van der Waals surface area contributed by atoms with Gasteiger partial charge in [0.2, 0.25) is 5.28 Å². The molecule has 150 valence electrons. The Morgan fingerprint density at radius 1 is 1.32 bits per heavy atom. The summed E-state index contributed by atoms with van der Waals surface area (Å²) in [5.41, 5.74) is 1.63.